The fourth-order valence-corrected chi connectivity index (χ4v) is 7.99. The van der Waals surface area contributed by atoms with Gasteiger partial charge in [-0.15, -0.1) is 0 Å². The molecule has 0 saturated carbocycles. The topological polar surface area (TPSA) is 36.1 Å². The zero-order valence-corrected chi connectivity index (χ0v) is 29.2. The second-order valence-corrected chi connectivity index (χ2v) is 13.3. The van der Waals surface area contributed by atoms with E-state index in [1.165, 1.54) is 21.8 Å². The highest BCUT2D eigenvalue weighted by molar-refractivity contribution is 6.09. The van der Waals surface area contributed by atoms with Gasteiger partial charge in [-0.1, -0.05) is 104 Å². The van der Waals surface area contributed by atoms with Crippen LogP contribution in [0.4, 0.5) is 0 Å². The van der Waals surface area contributed by atoms with Crippen LogP contribution in [-0.4, -0.2) is 9.13 Å². The molecular weight excluding hydrogens is 649 g/mol. The first-order chi connectivity index (χ1) is 26.2. The van der Waals surface area contributed by atoms with E-state index in [-0.39, 0.29) is 0 Å². The minimum absolute atomic E-state index is 0.781. The molecule has 4 aromatic heterocycles. The quantitative estimate of drug-likeness (QED) is 0.185. The van der Waals surface area contributed by atoms with Crippen LogP contribution in [0, 0.1) is 0 Å². The molecule has 1 aliphatic carbocycles. The number of furan rings is 2. The first-order valence-electron chi connectivity index (χ1n) is 17.9. The van der Waals surface area contributed by atoms with E-state index in [9.17, 15) is 0 Å². The van der Waals surface area contributed by atoms with Crippen LogP contribution in [0.3, 0.4) is 0 Å². The van der Waals surface area contributed by atoms with Crippen molar-refractivity contribution in [3.63, 3.8) is 0 Å². The molecule has 252 valence electrons. The Morgan fingerprint density at radius 1 is 0.585 bits per heavy atom. The Bertz CT molecular complexity index is 3150. The van der Waals surface area contributed by atoms with Crippen LogP contribution in [0.2, 0.25) is 0 Å². The minimum Gasteiger partial charge on any atom is -0.456 e. The lowest BCUT2D eigenvalue weighted by atomic mass is 10.1. The molecule has 0 atom stereocenters. The molecule has 0 amide bonds. The van der Waals surface area contributed by atoms with E-state index < -0.39 is 0 Å². The zero-order chi connectivity index (χ0) is 35.5. The van der Waals surface area contributed by atoms with Crippen LogP contribution >= 0.6 is 0 Å². The van der Waals surface area contributed by atoms with Gasteiger partial charge in [0, 0.05) is 54.7 Å². The molecule has 53 heavy (non-hydrogen) atoms. The summed E-state index contributed by atoms with van der Waals surface area (Å²) in [6, 6.07) is 38.7. The van der Waals surface area contributed by atoms with Crippen molar-refractivity contribution in [2.75, 3.05) is 0 Å². The summed E-state index contributed by atoms with van der Waals surface area (Å²) in [5.41, 5.74) is 11.2. The van der Waals surface area contributed by atoms with Crippen molar-refractivity contribution >= 4 is 85.0 Å². The number of hydrogen-bond donors (Lipinski definition) is 0. The third kappa shape index (κ3) is 4.84. The molecule has 0 fully saturated rings. The van der Waals surface area contributed by atoms with Crippen LogP contribution < -0.4 is 10.6 Å². The van der Waals surface area contributed by atoms with Crippen molar-refractivity contribution in [1.29, 1.82) is 0 Å². The lowest BCUT2D eigenvalue weighted by Crippen LogP contribution is -2.20. The molecule has 5 aromatic carbocycles. The van der Waals surface area contributed by atoms with Gasteiger partial charge in [0.15, 0.2) is 0 Å². The molecule has 0 saturated heterocycles. The fourth-order valence-electron chi connectivity index (χ4n) is 7.99. The molecule has 4 nitrogen and oxygen atoms in total. The van der Waals surface area contributed by atoms with Crippen molar-refractivity contribution in [3.05, 3.63) is 185 Å². The Labute approximate surface area is 305 Å². The highest BCUT2D eigenvalue weighted by Gasteiger charge is 2.18. The lowest BCUT2D eigenvalue weighted by Gasteiger charge is -2.09. The summed E-state index contributed by atoms with van der Waals surface area (Å²) in [5.74, 6) is 0.785. The predicted octanol–water partition coefficient (Wildman–Crippen LogP) is 11.6. The van der Waals surface area contributed by atoms with Gasteiger partial charge >= 0.3 is 0 Å². The maximum absolute atomic E-state index is 6.61. The molecule has 0 unspecified atom stereocenters. The lowest BCUT2D eigenvalue weighted by molar-refractivity contribution is 0.575. The van der Waals surface area contributed by atoms with Gasteiger partial charge in [0.05, 0.1) is 22.2 Å². The maximum Gasteiger partial charge on any atom is 0.135 e. The van der Waals surface area contributed by atoms with Gasteiger partial charge in [0.2, 0.25) is 0 Å². The van der Waals surface area contributed by atoms with Crippen LogP contribution in [0.15, 0.2) is 161 Å². The van der Waals surface area contributed by atoms with Gasteiger partial charge in [0.25, 0.3) is 0 Å². The van der Waals surface area contributed by atoms with Gasteiger partial charge in [-0.3, -0.25) is 0 Å². The fraction of sp³-hybridized carbons (Fsp3) is 0.0204. The van der Waals surface area contributed by atoms with Crippen molar-refractivity contribution in [2.45, 2.75) is 6.92 Å². The van der Waals surface area contributed by atoms with Crippen LogP contribution in [0.25, 0.3) is 96.4 Å². The van der Waals surface area contributed by atoms with E-state index in [0.717, 1.165) is 77.4 Å². The maximum atomic E-state index is 6.61. The summed E-state index contributed by atoms with van der Waals surface area (Å²) in [4.78, 5) is 0. The molecule has 0 bridgehead atoms. The number of allylic oxidation sites excluding steroid dienone is 6. The molecule has 1 aliphatic rings. The van der Waals surface area contributed by atoms with Crippen LogP contribution in [0.5, 0.6) is 0 Å². The number of para-hydroxylation sites is 3. The molecule has 10 rings (SSSR count). The Morgan fingerprint density at radius 2 is 1.19 bits per heavy atom. The van der Waals surface area contributed by atoms with E-state index in [1.54, 1.807) is 0 Å². The average Bonchev–Trinajstić information content (AvgIpc) is 3.91. The number of rotatable bonds is 4. The molecular formula is C49H34N2O2. The molecule has 0 spiro atoms. The van der Waals surface area contributed by atoms with Crippen molar-refractivity contribution in [1.82, 2.24) is 9.13 Å². The van der Waals surface area contributed by atoms with E-state index >= 15 is 0 Å². The zero-order valence-electron chi connectivity index (χ0n) is 29.2. The first kappa shape index (κ1) is 30.8. The third-order valence-corrected chi connectivity index (χ3v) is 10.3. The summed E-state index contributed by atoms with van der Waals surface area (Å²) in [7, 11) is 0. The Hall–Kier alpha value is -7.04. The number of nitrogens with zero attached hydrogens (tertiary/aromatic N) is 2. The van der Waals surface area contributed by atoms with E-state index in [0.29, 0.717) is 0 Å². The van der Waals surface area contributed by atoms with Gasteiger partial charge in [-0.2, -0.15) is 0 Å². The summed E-state index contributed by atoms with van der Waals surface area (Å²) < 4.78 is 17.9. The third-order valence-electron chi connectivity index (χ3n) is 10.3. The monoisotopic (exact) mass is 682 g/mol. The van der Waals surface area contributed by atoms with Crippen molar-refractivity contribution in [3.8, 4) is 11.4 Å². The van der Waals surface area contributed by atoms with E-state index in [1.807, 2.05) is 48.6 Å². The van der Waals surface area contributed by atoms with Gasteiger partial charge < -0.3 is 18.0 Å². The number of fused-ring (bicyclic) bond motifs is 10. The molecule has 4 heteroatoms. The number of hydrogen-bond acceptors (Lipinski definition) is 2. The molecule has 0 aliphatic heterocycles. The van der Waals surface area contributed by atoms with Gasteiger partial charge in [-0.05, 0) is 85.8 Å². The molecule has 0 N–H and O–H groups in total. The van der Waals surface area contributed by atoms with E-state index in [2.05, 4.69) is 150 Å². The van der Waals surface area contributed by atoms with Crippen LogP contribution in [-0.2, 0) is 0 Å². The summed E-state index contributed by atoms with van der Waals surface area (Å²) in [6.45, 7) is 6.23. The second-order valence-electron chi connectivity index (χ2n) is 13.3. The Kier molecular flexibility index (Phi) is 7.15. The van der Waals surface area contributed by atoms with Crippen LogP contribution in [0.1, 0.15) is 29.5 Å². The second kappa shape index (κ2) is 12.3. The molecule has 0 radical (unpaired) electrons. The van der Waals surface area contributed by atoms with Crippen molar-refractivity contribution in [2.24, 2.45) is 0 Å². The summed E-state index contributed by atoms with van der Waals surface area (Å²) >= 11 is 0. The minimum atomic E-state index is 0.781. The average molecular weight is 683 g/mol. The smallest absolute Gasteiger partial charge is 0.135 e. The van der Waals surface area contributed by atoms with Crippen molar-refractivity contribution < 1.29 is 8.83 Å². The Balaban J connectivity index is 1.26. The number of benzene rings is 5. The molecule has 4 heterocycles. The number of aromatic nitrogens is 2. The highest BCUT2D eigenvalue weighted by atomic mass is 16.3. The highest BCUT2D eigenvalue weighted by Crippen LogP contribution is 2.36. The summed E-state index contributed by atoms with van der Waals surface area (Å²) in [5, 5.41) is 6.66. The molecule has 9 aromatic rings. The van der Waals surface area contributed by atoms with E-state index in [4.69, 9.17) is 8.83 Å². The van der Waals surface area contributed by atoms with Gasteiger partial charge in [0.1, 0.15) is 22.3 Å². The predicted molar refractivity (Wildman–Crippen MR) is 223 cm³/mol. The Morgan fingerprint density at radius 3 is 1.91 bits per heavy atom. The standard InChI is InChI=1S/C49H34N2O2/c1-3-16-42-34(4-2)35-17-10-13-20-43(35)50(42)32-25-27-48-38(29-32)40-31-41-39-30-33(51-44-21-14-11-18-36(44)37-19-12-15-22-45(37)51)26-28-49(39)53-47(41)24-9-7-5-6-8-23-46(40)52-48/h3-31H,2H2,1H3/b6-5?,7-5-,8-6+,9-7?,16-3-,23-8?,24-9-,40-31-,41-31?,46-23-,47-24?. The SMILES string of the molecule is C=Cc1c(/C=C\C)n(-c2ccc3oc4\c(c3c2)=C/c2c(oc3ccc(-n5c6ccccc6c6ccccc65)cc23)\C=C/C=C\C=C\C=4)c2ccccc12. The largest absolute Gasteiger partial charge is 0.456 e. The summed E-state index contributed by atoms with van der Waals surface area (Å²) in [6.07, 6.45) is 22.6. The van der Waals surface area contributed by atoms with Gasteiger partial charge in [-0.25, -0.2) is 0 Å². The first-order valence-corrected chi connectivity index (χ1v) is 17.9. The normalized spacial score (nSPS) is 16.2.